The lowest BCUT2D eigenvalue weighted by atomic mass is 10.5. The van der Waals surface area contributed by atoms with E-state index < -0.39 is 11.8 Å². The first kappa shape index (κ1) is 10.6. The highest BCUT2D eigenvalue weighted by Gasteiger charge is 2.26. The number of hydrogen-bond acceptors (Lipinski definition) is 5. The van der Waals surface area contributed by atoms with Crippen LogP contribution < -0.4 is 10.6 Å². The summed E-state index contributed by atoms with van der Waals surface area (Å²) in [6.45, 7) is 1.72. The van der Waals surface area contributed by atoms with Crippen molar-refractivity contribution in [1.82, 2.24) is 20.8 Å². The quantitative estimate of drug-likeness (QED) is 0.660. The van der Waals surface area contributed by atoms with Crippen molar-refractivity contribution in [3.8, 4) is 0 Å². The van der Waals surface area contributed by atoms with Gasteiger partial charge >= 0.3 is 11.8 Å². The second kappa shape index (κ2) is 4.30. The Balaban J connectivity index is 1.76. The molecule has 0 unspecified atom stereocenters. The minimum atomic E-state index is -0.678. The third kappa shape index (κ3) is 2.78. The third-order valence-electron chi connectivity index (χ3n) is 2.09. The molecule has 0 spiro atoms. The molecule has 0 atom stereocenters. The highest BCUT2D eigenvalue weighted by Crippen LogP contribution is 2.18. The zero-order valence-corrected chi connectivity index (χ0v) is 8.82. The Hall–Kier alpha value is -1.92. The summed E-state index contributed by atoms with van der Waals surface area (Å²) in [5.41, 5.74) is 0. The fourth-order valence-corrected chi connectivity index (χ4v) is 1.12. The number of nitrogens with zero attached hydrogens (tertiary/aromatic N) is 2. The zero-order valence-electron chi connectivity index (χ0n) is 8.82. The minimum absolute atomic E-state index is 0.0672. The van der Waals surface area contributed by atoms with Gasteiger partial charge in [0.1, 0.15) is 0 Å². The number of amides is 2. The largest absolute Gasteiger partial charge is 0.424 e. The molecule has 2 rings (SSSR count). The van der Waals surface area contributed by atoms with Gasteiger partial charge in [0, 0.05) is 13.0 Å². The lowest BCUT2D eigenvalue weighted by molar-refractivity contribution is -0.139. The van der Waals surface area contributed by atoms with Crippen molar-refractivity contribution in [2.45, 2.75) is 32.4 Å². The van der Waals surface area contributed by atoms with Gasteiger partial charge in [0.05, 0.1) is 6.54 Å². The van der Waals surface area contributed by atoms with Crippen LogP contribution in [0.2, 0.25) is 0 Å². The molecule has 0 aromatic carbocycles. The summed E-state index contributed by atoms with van der Waals surface area (Å²) in [5, 5.41) is 12.3. The lowest BCUT2D eigenvalue weighted by Gasteiger charge is -2.02. The van der Waals surface area contributed by atoms with Crippen LogP contribution in [0.25, 0.3) is 0 Å². The van der Waals surface area contributed by atoms with Crippen molar-refractivity contribution in [2.24, 2.45) is 0 Å². The average molecular weight is 224 g/mol. The molecule has 2 amide bonds. The maximum Gasteiger partial charge on any atom is 0.309 e. The van der Waals surface area contributed by atoms with Gasteiger partial charge in [-0.3, -0.25) is 9.59 Å². The minimum Gasteiger partial charge on any atom is -0.424 e. The van der Waals surface area contributed by atoms with Crippen LogP contribution in [0.1, 0.15) is 24.6 Å². The Morgan fingerprint density at radius 2 is 2.12 bits per heavy atom. The van der Waals surface area contributed by atoms with E-state index in [9.17, 15) is 9.59 Å². The van der Waals surface area contributed by atoms with E-state index in [0.717, 1.165) is 12.8 Å². The fourth-order valence-electron chi connectivity index (χ4n) is 1.12. The van der Waals surface area contributed by atoms with E-state index >= 15 is 0 Å². The Morgan fingerprint density at radius 1 is 1.38 bits per heavy atom. The van der Waals surface area contributed by atoms with Crippen LogP contribution in [0.5, 0.6) is 0 Å². The van der Waals surface area contributed by atoms with Crippen LogP contribution in [0.4, 0.5) is 0 Å². The van der Waals surface area contributed by atoms with E-state index in [2.05, 4.69) is 20.8 Å². The topological polar surface area (TPSA) is 97.1 Å². The van der Waals surface area contributed by atoms with Gasteiger partial charge in [-0.15, -0.1) is 10.2 Å². The summed E-state index contributed by atoms with van der Waals surface area (Å²) in [4.78, 5) is 22.5. The van der Waals surface area contributed by atoms with Crippen molar-refractivity contribution in [3.63, 3.8) is 0 Å². The molecule has 2 N–H and O–H groups in total. The molecular formula is C9H12N4O3. The number of carbonyl (C=O) groups excluding carboxylic acids is 2. The van der Waals surface area contributed by atoms with E-state index in [1.165, 1.54) is 0 Å². The van der Waals surface area contributed by atoms with Crippen LogP contribution in [-0.4, -0.2) is 28.1 Å². The predicted molar refractivity (Wildman–Crippen MR) is 52.0 cm³/mol. The van der Waals surface area contributed by atoms with Crippen molar-refractivity contribution in [1.29, 1.82) is 0 Å². The Kier molecular flexibility index (Phi) is 2.84. The molecule has 1 aromatic heterocycles. The van der Waals surface area contributed by atoms with E-state index in [-0.39, 0.29) is 18.5 Å². The van der Waals surface area contributed by atoms with Crippen molar-refractivity contribution >= 4 is 11.8 Å². The molecule has 1 aromatic rings. The first-order valence-corrected chi connectivity index (χ1v) is 5.03. The number of aromatic nitrogens is 2. The smallest absolute Gasteiger partial charge is 0.309 e. The molecule has 0 radical (unpaired) electrons. The van der Waals surface area contributed by atoms with E-state index in [1.807, 2.05) is 0 Å². The molecule has 0 saturated heterocycles. The van der Waals surface area contributed by atoms with Gasteiger partial charge in [-0.1, -0.05) is 0 Å². The molecular weight excluding hydrogens is 212 g/mol. The predicted octanol–water partition coefficient (Wildman–Crippen LogP) is -0.727. The second-order valence-corrected chi connectivity index (χ2v) is 3.65. The van der Waals surface area contributed by atoms with Gasteiger partial charge < -0.3 is 15.1 Å². The molecule has 1 heterocycles. The molecule has 1 fully saturated rings. The average Bonchev–Trinajstić information content (AvgIpc) is 2.96. The first-order chi connectivity index (χ1) is 7.65. The maximum absolute atomic E-state index is 11.3. The second-order valence-electron chi connectivity index (χ2n) is 3.65. The van der Waals surface area contributed by atoms with Crippen LogP contribution >= 0.6 is 0 Å². The Labute approximate surface area is 91.6 Å². The summed E-state index contributed by atoms with van der Waals surface area (Å²) in [7, 11) is 0. The maximum atomic E-state index is 11.3. The Bertz CT molecular complexity index is 411. The van der Waals surface area contributed by atoms with Crippen molar-refractivity contribution in [3.05, 3.63) is 11.8 Å². The molecule has 0 bridgehead atoms. The normalized spacial score (nSPS) is 14.6. The SMILES string of the molecule is Cc1nnc(CNC(=O)C(=O)NC2CC2)o1. The van der Waals surface area contributed by atoms with Gasteiger partial charge in [0.2, 0.25) is 11.8 Å². The van der Waals surface area contributed by atoms with Crippen molar-refractivity contribution in [2.75, 3.05) is 0 Å². The highest BCUT2D eigenvalue weighted by molar-refractivity contribution is 6.35. The molecule has 1 saturated carbocycles. The van der Waals surface area contributed by atoms with Gasteiger partial charge in [-0.05, 0) is 12.8 Å². The number of aryl methyl sites for hydroxylation is 1. The highest BCUT2D eigenvalue weighted by atomic mass is 16.4. The van der Waals surface area contributed by atoms with Crippen LogP contribution in [0.3, 0.4) is 0 Å². The van der Waals surface area contributed by atoms with Crippen LogP contribution in [-0.2, 0) is 16.1 Å². The van der Waals surface area contributed by atoms with Gasteiger partial charge in [0.15, 0.2) is 0 Å². The molecule has 86 valence electrons. The molecule has 7 nitrogen and oxygen atoms in total. The van der Waals surface area contributed by atoms with Crippen molar-refractivity contribution < 1.29 is 14.0 Å². The summed E-state index contributed by atoms with van der Waals surface area (Å²) in [6, 6.07) is 0.170. The first-order valence-electron chi connectivity index (χ1n) is 5.03. The Morgan fingerprint density at radius 3 is 2.69 bits per heavy atom. The van der Waals surface area contributed by atoms with Gasteiger partial charge in [-0.2, -0.15) is 0 Å². The number of nitrogens with one attached hydrogen (secondary N) is 2. The summed E-state index contributed by atoms with van der Waals surface area (Å²) >= 11 is 0. The zero-order chi connectivity index (χ0) is 11.5. The standard InChI is InChI=1S/C9H12N4O3/c1-5-12-13-7(16-5)4-10-8(14)9(15)11-6-2-3-6/h6H,2-4H2,1H3,(H,10,14)(H,11,15). The number of rotatable bonds is 3. The summed E-state index contributed by atoms with van der Waals surface area (Å²) in [5.74, 6) is -0.585. The molecule has 1 aliphatic rings. The molecule has 16 heavy (non-hydrogen) atoms. The lowest BCUT2D eigenvalue weighted by Crippen LogP contribution is -2.40. The van der Waals surface area contributed by atoms with Gasteiger partial charge in [-0.25, -0.2) is 0 Å². The van der Waals surface area contributed by atoms with E-state index in [4.69, 9.17) is 4.42 Å². The molecule has 1 aliphatic carbocycles. The summed E-state index contributed by atoms with van der Waals surface area (Å²) in [6.07, 6.45) is 1.89. The van der Waals surface area contributed by atoms with Gasteiger partial charge in [0.25, 0.3) is 0 Å². The van der Waals surface area contributed by atoms with Crippen LogP contribution in [0.15, 0.2) is 4.42 Å². The monoisotopic (exact) mass is 224 g/mol. The van der Waals surface area contributed by atoms with E-state index in [0.29, 0.717) is 5.89 Å². The fraction of sp³-hybridized carbons (Fsp3) is 0.556. The van der Waals surface area contributed by atoms with E-state index in [1.54, 1.807) is 6.92 Å². The van der Waals surface area contributed by atoms with Crippen LogP contribution in [0, 0.1) is 6.92 Å². The number of hydrogen-bond donors (Lipinski definition) is 2. The summed E-state index contributed by atoms with van der Waals surface area (Å²) < 4.78 is 5.04. The number of carbonyl (C=O) groups is 2. The molecule has 7 heteroatoms. The molecule has 0 aliphatic heterocycles. The third-order valence-corrected chi connectivity index (χ3v) is 2.09.